The van der Waals surface area contributed by atoms with E-state index in [4.69, 9.17) is 9.47 Å². The largest absolute Gasteiger partial charge is 0.493 e. The number of aromatic amines is 1. The van der Waals surface area contributed by atoms with Gasteiger partial charge in [0.1, 0.15) is 16.4 Å². The first-order valence-electron chi connectivity index (χ1n) is 6.28. The van der Waals surface area contributed by atoms with E-state index < -0.39 is 0 Å². The predicted octanol–water partition coefficient (Wildman–Crippen LogP) is 2.92. The number of benzene rings is 1. The van der Waals surface area contributed by atoms with E-state index in [9.17, 15) is 0 Å². The topological polar surface area (TPSA) is 72.9 Å². The average molecular weight is 302 g/mol. The Kier molecular flexibility index (Phi) is 3.57. The van der Waals surface area contributed by atoms with Gasteiger partial charge in [-0.05, 0) is 25.1 Å². The Morgan fingerprint density at radius 2 is 1.90 bits per heavy atom. The van der Waals surface area contributed by atoms with Crippen LogP contribution in [0.1, 0.15) is 5.69 Å². The number of thiazole rings is 1. The maximum atomic E-state index is 5.32. The van der Waals surface area contributed by atoms with E-state index in [2.05, 4.69) is 20.4 Å². The minimum atomic E-state index is 0.685. The standard InChI is InChI=1S/C14H14N4O2S/c1-8-13(17-18-16-8)10-7-21-14(15-10)9-4-5-11(19-2)12(6-9)20-3/h4-7H,1-3H3,(H,16,17,18). The molecule has 3 rings (SSSR count). The third-order valence-electron chi connectivity index (χ3n) is 3.10. The molecule has 0 unspecified atom stereocenters. The molecular formula is C14H14N4O2S. The SMILES string of the molecule is COc1ccc(-c2nc(-c3n[nH]nc3C)cs2)cc1OC. The van der Waals surface area contributed by atoms with Crippen LogP contribution >= 0.6 is 11.3 Å². The van der Waals surface area contributed by atoms with Gasteiger partial charge in [-0.15, -0.1) is 11.3 Å². The summed E-state index contributed by atoms with van der Waals surface area (Å²) < 4.78 is 10.6. The summed E-state index contributed by atoms with van der Waals surface area (Å²) in [5.41, 5.74) is 3.40. The van der Waals surface area contributed by atoms with Crippen LogP contribution in [-0.2, 0) is 0 Å². The van der Waals surface area contributed by atoms with Crippen LogP contribution in [0.2, 0.25) is 0 Å². The molecule has 0 bridgehead atoms. The van der Waals surface area contributed by atoms with E-state index in [0.29, 0.717) is 11.5 Å². The molecule has 21 heavy (non-hydrogen) atoms. The van der Waals surface area contributed by atoms with Crippen molar-refractivity contribution in [3.8, 4) is 33.5 Å². The minimum Gasteiger partial charge on any atom is -0.493 e. The van der Waals surface area contributed by atoms with E-state index in [1.165, 1.54) is 0 Å². The summed E-state index contributed by atoms with van der Waals surface area (Å²) in [5, 5.41) is 13.6. The van der Waals surface area contributed by atoms with Gasteiger partial charge in [0.15, 0.2) is 11.5 Å². The molecule has 2 aromatic heterocycles. The highest BCUT2D eigenvalue weighted by atomic mass is 32.1. The molecule has 0 radical (unpaired) electrons. The zero-order valence-electron chi connectivity index (χ0n) is 11.9. The Morgan fingerprint density at radius 1 is 1.10 bits per heavy atom. The van der Waals surface area contributed by atoms with Crippen molar-refractivity contribution in [1.29, 1.82) is 0 Å². The third-order valence-corrected chi connectivity index (χ3v) is 3.99. The second-order valence-electron chi connectivity index (χ2n) is 4.37. The van der Waals surface area contributed by atoms with Crippen molar-refractivity contribution in [3.63, 3.8) is 0 Å². The highest BCUT2D eigenvalue weighted by Gasteiger charge is 2.13. The Balaban J connectivity index is 1.98. The fourth-order valence-corrected chi connectivity index (χ4v) is 2.81. The van der Waals surface area contributed by atoms with E-state index in [1.54, 1.807) is 25.6 Å². The molecule has 0 saturated carbocycles. The van der Waals surface area contributed by atoms with E-state index in [0.717, 1.165) is 27.7 Å². The Hall–Kier alpha value is -2.41. The summed E-state index contributed by atoms with van der Waals surface area (Å²) in [4.78, 5) is 4.61. The fourth-order valence-electron chi connectivity index (χ4n) is 2.01. The predicted molar refractivity (Wildman–Crippen MR) is 80.8 cm³/mol. The first-order valence-corrected chi connectivity index (χ1v) is 7.16. The van der Waals surface area contributed by atoms with Gasteiger partial charge in [-0.25, -0.2) is 4.98 Å². The lowest BCUT2D eigenvalue weighted by Crippen LogP contribution is -1.90. The van der Waals surface area contributed by atoms with Gasteiger partial charge in [0.2, 0.25) is 0 Å². The molecule has 0 aliphatic rings. The monoisotopic (exact) mass is 302 g/mol. The molecule has 0 saturated heterocycles. The number of aryl methyl sites for hydroxylation is 1. The van der Waals surface area contributed by atoms with Crippen LogP contribution in [0.25, 0.3) is 22.0 Å². The van der Waals surface area contributed by atoms with Crippen LogP contribution in [0.4, 0.5) is 0 Å². The highest BCUT2D eigenvalue weighted by Crippen LogP contribution is 2.34. The molecule has 0 spiro atoms. The van der Waals surface area contributed by atoms with Gasteiger partial charge in [0.25, 0.3) is 0 Å². The molecule has 0 fully saturated rings. The zero-order chi connectivity index (χ0) is 14.8. The summed E-state index contributed by atoms with van der Waals surface area (Å²) in [6.45, 7) is 1.90. The molecule has 7 heteroatoms. The number of H-pyrrole nitrogens is 1. The van der Waals surface area contributed by atoms with Gasteiger partial charge in [-0.2, -0.15) is 15.4 Å². The molecular weight excluding hydrogens is 288 g/mol. The van der Waals surface area contributed by atoms with Crippen LogP contribution < -0.4 is 9.47 Å². The van der Waals surface area contributed by atoms with Crippen molar-refractivity contribution in [3.05, 3.63) is 29.3 Å². The zero-order valence-corrected chi connectivity index (χ0v) is 12.7. The van der Waals surface area contributed by atoms with E-state index >= 15 is 0 Å². The first kappa shape index (κ1) is 13.6. The minimum absolute atomic E-state index is 0.685. The third kappa shape index (κ3) is 2.47. The Labute approximate surface area is 125 Å². The van der Waals surface area contributed by atoms with Crippen LogP contribution in [0.3, 0.4) is 0 Å². The van der Waals surface area contributed by atoms with E-state index in [-0.39, 0.29) is 0 Å². The van der Waals surface area contributed by atoms with Crippen molar-refractivity contribution >= 4 is 11.3 Å². The average Bonchev–Trinajstić information content (AvgIpc) is 3.15. The molecule has 0 aliphatic heterocycles. The second-order valence-corrected chi connectivity index (χ2v) is 5.22. The van der Waals surface area contributed by atoms with Crippen LogP contribution in [0.15, 0.2) is 23.6 Å². The highest BCUT2D eigenvalue weighted by molar-refractivity contribution is 7.13. The van der Waals surface area contributed by atoms with Crippen LogP contribution in [0.5, 0.6) is 11.5 Å². The Bertz CT molecular complexity index is 766. The number of rotatable bonds is 4. The summed E-state index contributed by atoms with van der Waals surface area (Å²) in [6.07, 6.45) is 0. The van der Waals surface area contributed by atoms with Gasteiger partial charge >= 0.3 is 0 Å². The van der Waals surface area contributed by atoms with Gasteiger partial charge in [-0.3, -0.25) is 0 Å². The van der Waals surface area contributed by atoms with Crippen molar-refractivity contribution < 1.29 is 9.47 Å². The van der Waals surface area contributed by atoms with Crippen molar-refractivity contribution in [2.45, 2.75) is 6.92 Å². The Morgan fingerprint density at radius 3 is 2.57 bits per heavy atom. The molecule has 2 heterocycles. The molecule has 0 aliphatic carbocycles. The lowest BCUT2D eigenvalue weighted by atomic mass is 10.2. The normalized spacial score (nSPS) is 10.6. The number of ether oxygens (including phenoxy) is 2. The maximum Gasteiger partial charge on any atom is 0.161 e. The molecule has 0 atom stereocenters. The maximum absolute atomic E-state index is 5.32. The second kappa shape index (κ2) is 5.53. The van der Waals surface area contributed by atoms with Crippen molar-refractivity contribution in [2.24, 2.45) is 0 Å². The van der Waals surface area contributed by atoms with Crippen molar-refractivity contribution in [1.82, 2.24) is 20.4 Å². The quantitative estimate of drug-likeness (QED) is 0.802. The van der Waals surface area contributed by atoms with Gasteiger partial charge in [0, 0.05) is 10.9 Å². The smallest absolute Gasteiger partial charge is 0.161 e. The van der Waals surface area contributed by atoms with Gasteiger partial charge in [-0.1, -0.05) is 0 Å². The first-order chi connectivity index (χ1) is 10.2. The molecule has 6 nitrogen and oxygen atoms in total. The summed E-state index contributed by atoms with van der Waals surface area (Å²) in [6, 6.07) is 5.74. The van der Waals surface area contributed by atoms with Crippen molar-refractivity contribution in [2.75, 3.05) is 14.2 Å². The molecule has 1 N–H and O–H groups in total. The number of hydrogen-bond acceptors (Lipinski definition) is 6. The summed E-state index contributed by atoms with van der Waals surface area (Å²) in [7, 11) is 3.24. The number of nitrogens with zero attached hydrogens (tertiary/aromatic N) is 3. The summed E-state index contributed by atoms with van der Waals surface area (Å²) in [5.74, 6) is 1.38. The molecule has 0 amide bonds. The molecule has 3 aromatic rings. The molecule has 1 aromatic carbocycles. The van der Waals surface area contributed by atoms with Crippen LogP contribution in [0, 0.1) is 6.92 Å². The number of aromatic nitrogens is 4. The van der Waals surface area contributed by atoms with Crippen LogP contribution in [-0.4, -0.2) is 34.6 Å². The lowest BCUT2D eigenvalue weighted by Gasteiger charge is -2.08. The fraction of sp³-hybridized carbons (Fsp3) is 0.214. The van der Waals surface area contributed by atoms with E-state index in [1.807, 2.05) is 30.5 Å². The molecule has 108 valence electrons. The van der Waals surface area contributed by atoms with Gasteiger partial charge < -0.3 is 9.47 Å². The number of nitrogens with one attached hydrogen (secondary N) is 1. The number of methoxy groups -OCH3 is 2. The number of hydrogen-bond donors (Lipinski definition) is 1. The summed E-state index contributed by atoms with van der Waals surface area (Å²) >= 11 is 1.55. The van der Waals surface area contributed by atoms with Gasteiger partial charge in [0.05, 0.1) is 19.9 Å². The lowest BCUT2D eigenvalue weighted by molar-refractivity contribution is 0.355.